The van der Waals surface area contributed by atoms with Crippen LogP contribution >= 0.6 is 0 Å². The lowest BCUT2D eigenvalue weighted by Crippen LogP contribution is -2.27. The van der Waals surface area contributed by atoms with Crippen LogP contribution in [0.1, 0.15) is 5.56 Å². The van der Waals surface area contributed by atoms with Gasteiger partial charge in [-0.2, -0.15) is 13.2 Å². The summed E-state index contributed by atoms with van der Waals surface area (Å²) in [5.74, 6) is 0. The largest absolute Gasteiger partial charge is 0.430 e. The SMILES string of the molecule is FC(F)(F)C1=CC(c2ccccc2)=NCCN1. The maximum absolute atomic E-state index is 12.6. The van der Waals surface area contributed by atoms with Gasteiger partial charge in [-0.25, -0.2) is 0 Å². The van der Waals surface area contributed by atoms with Crippen LogP contribution in [0.3, 0.4) is 0 Å². The van der Waals surface area contributed by atoms with Crippen LogP contribution in [0.15, 0.2) is 47.1 Å². The summed E-state index contributed by atoms with van der Waals surface area (Å²) in [5, 5.41) is 2.34. The van der Waals surface area contributed by atoms with E-state index >= 15 is 0 Å². The number of alkyl halides is 3. The third-order valence-corrected chi connectivity index (χ3v) is 2.37. The lowest BCUT2D eigenvalue weighted by Gasteiger charge is -2.11. The Balaban J connectivity index is 2.36. The van der Waals surface area contributed by atoms with Gasteiger partial charge in [0.2, 0.25) is 0 Å². The number of nitrogens with one attached hydrogen (secondary N) is 1. The molecule has 0 saturated carbocycles. The van der Waals surface area contributed by atoms with Gasteiger partial charge in [-0.1, -0.05) is 30.3 Å². The van der Waals surface area contributed by atoms with Crippen molar-refractivity contribution in [2.24, 2.45) is 4.99 Å². The van der Waals surface area contributed by atoms with Crippen LogP contribution in [-0.2, 0) is 0 Å². The standard InChI is InChI=1S/C12H11F3N2/c13-12(14,15)11-8-10(16-6-7-17-11)9-4-2-1-3-5-9/h1-5,8,17H,6-7H2. The molecule has 17 heavy (non-hydrogen) atoms. The molecule has 2 nitrogen and oxygen atoms in total. The van der Waals surface area contributed by atoms with Crippen LogP contribution in [-0.4, -0.2) is 25.0 Å². The van der Waals surface area contributed by atoms with Gasteiger partial charge in [0.05, 0.1) is 12.3 Å². The summed E-state index contributed by atoms with van der Waals surface area (Å²) >= 11 is 0. The Morgan fingerprint density at radius 2 is 1.82 bits per heavy atom. The van der Waals surface area contributed by atoms with E-state index in [2.05, 4.69) is 10.3 Å². The van der Waals surface area contributed by atoms with Gasteiger partial charge in [0.25, 0.3) is 0 Å². The monoisotopic (exact) mass is 240 g/mol. The molecule has 0 saturated heterocycles. The normalized spacial score (nSPS) is 16.6. The third-order valence-electron chi connectivity index (χ3n) is 2.37. The van der Waals surface area contributed by atoms with Gasteiger partial charge in [0.1, 0.15) is 5.70 Å². The molecular formula is C12H11F3N2. The van der Waals surface area contributed by atoms with E-state index in [9.17, 15) is 13.2 Å². The van der Waals surface area contributed by atoms with Gasteiger partial charge in [-0.15, -0.1) is 0 Å². The molecule has 0 atom stereocenters. The number of halogens is 3. The molecule has 0 aliphatic carbocycles. The Bertz CT molecular complexity index is 447. The third kappa shape index (κ3) is 2.87. The Kier molecular flexibility index (Phi) is 3.17. The van der Waals surface area contributed by atoms with E-state index in [4.69, 9.17) is 0 Å². The summed E-state index contributed by atoms with van der Waals surface area (Å²) in [6, 6.07) is 8.85. The molecule has 1 aliphatic rings. The van der Waals surface area contributed by atoms with Gasteiger partial charge in [-0.05, 0) is 11.6 Å². The molecule has 1 aromatic carbocycles. The lowest BCUT2D eigenvalue weighted by atomic mass is 10.1. The van der Waals surface area contributed by atoms with E-state index < -0.39 is 11.9 Å². The molecular weight excluding hydrogens is 229 g/mol. The van der Waals surface area contributed by atoms with Crippen molar-refractivity contribution in [2.45, 2.75) is 6.18 Å². The molecule has 1 aromatic rings. The molecule has 0 aromatic heterocycles. The zero-order valence-electron chi connectivity index (χ0n) is 8.96. The second kappa shape index (κ2) is 4.61. The summed E-state index contributed by atoms with van der Waals surface area (Å²) in [5.41, 5.74) is 0.318. The van der Waals surface area contributed by atoms with Crippen molar-refractivity contribution < 1.29 is 13.2 Å². The number of rotatable bonds is 1. The number of hydrogen-bond acceptors (Lipinski definition) is 2. The fraction of sp³-hybridized carbons (Fsp3) is 0.250. The molecule has 0 fully saturated rings. The fourth-order valence-corrected chi connectivity index (χ4v) is 1.57. The highest BCUT2D eigenvalue weighted by atomic mass is 19.4. The Morgan fingerprint density at radius 3 is 2.47 bits per heavy atom. The van der Waals surface area contributed by atoms with E-state index in [0.717, 1.165) is 6.08 Å². The quantitative estimate of drug-likeness (QED) is 0.801. The van der Waals surface area contributed by atoms with E-state index in [1.165, 1.54) is 0 Å². The number of nitrogens with zero attached hydrogens (tertiary/aromatic N) is 1. The molecule has 1 aliphatic heterocycles. The molecule has 0 bridgehead atoms. The second-order valence-corrected chi connectivity index (χ2v) is 3.62. The average molecular weight is 240 g/mol. The van der Waals surface area contributed by atoms with Gasteiger partial charge in [0.15, 0.2) is 0 Å². The first kappa shape index (κ1) is 11.7. The molecule has 0 radical (unpaired) electrons. The van der Waals surface area contributed by atoms with Crippen molar-refractivity contribution in [1.82, 2.24) is 5.32 Å². The van der Waals surface area contributed by atoms with Crippen molar-refractivity contribution in [3.05, 3.63) is 47.7 Å². The Labute approximate surface area is 96.9 Å². The molecule has 1 N–H and O–H groups in total. The summed E-state index contributed by atoms with van der Waals surface area (Å²) < 4.78 is 37.9. The Hall–Kier alpha value is -1.78. The highest BCUT2D eigenvalue weighted by Gasteiger charge is 2.34. The Morgan fingerprint density at radius 1 is 1.12 bits per heavy atom. The van der Waals surface area contributed by atoms with Crippen molar-refractivity contribution in [1.29, 1.82) is 0 Å². The average Bonchev–Trinajstić information content (AvgIpc) is 2.55. The second-order valence-electron chi connectivity index (χ2n) is 3.62. The van der Waals surface area contributed by atoms with Gasteiger partial charge in [0, 0.05) is 6.54 Å². The molecule has 2 rings (SSSR count). The summed E-state index contributed by atoms with van der Waals surface area (Å²) in [6.45, 7) is 0.530. The smallest absolute Gasteiger partial charge is 0.379 e. The van der Waals surface area contributed by atoms with Crippen molar-refractivity contribution >= 4 is 5.71 Å². The minimum atomic E-state index is -4.36. The number of hydrogen-bond donors (Lipinski definition) is 1. The van der Waals surface area contributed by atoms with E-state index in [-0.39, 0.29) is 6.54 Å². The van der Waals surface area contributed by atoms with Gasteiger partial charge >= 0.3 is 6.18 Å². The molecule has 0 unspecified atom stereocenters. The lowest BCUT2D eigenvalue weighted by molar-refractivity contribution is -0.0964. The zero-order valence-corrected chi connectivity index (χ0v) is 8.96. The van der Waals surface area contributed by atoms with Crippen LogP contribution in [0.4, 0.5) is 13.2 Å². The first-order chi connectivity index (χ1) is 8.07. The van der Waals surface area contributed by atoms with Crippen LogP contribution in [0.2, 0.25) is 0 Å². The fourth-order valence-electron chi connectivity index (χ4n) is 1.57. The van der Waals surface area contributed by atoms with Crippen molar-refractivity contribution in [3.63, 3.8) is 0 Å². The first-order valence-electron chi connectivity index (χ1n) is 5.20. The molecule has 1 heterocycles. The summed E-state index contributed by atoms with van der Waals surface area (Å²) in [6.07, 6.45) is -3.30. The predicted octanol–water partition coefficient (Wildman–Crippen LogP) is 2.53. The maximum Gasteiger partial charge on any atom is 0.430 e. The topological polar surface area (TPSA) is 24.4 Å². The molecule has 90 valence electrons. The zero-order chi connectivity index (χ0) is 12.3. The minimum Gasteiger partial charge on any atom is -0.379 e. The predicted molar refractivity (Wildman–Crippen MR) is 60.0 cm³/mol. The van der Waals surface area contributed by atoms with Crippen molar-refractivity contribution in [2.75, 3.05) is 13.1 Å². The maximum atomic E-state index is 12.6. The van der Waals surface area contributed by atoms with Gasteiger partial charge < -0.3 is 5.32 Å². The van der Waals surface area contributed by atoms with Crippen molar-refractivity contribution in [3.8, 4) is 0 Å². The number of aliphatic imine (C=N–C) groups is 1. The van der Waals surface area contributed by atoms with Crippen LogP contribution in [0, 0.1) is 0 Å². The van der Waals surface area contributed by atoms with Crippen LogP contribution in [0.25, 0.3) is 0 Å². The summed E-state index contributed by atoms with van der Waals surface area (Å²) in [7, 11) is 0. The molecule has 5 heteroatoms. The number of allylic oxidation sites excluding steroid dienone is 2. The summed E-state index contributed by atoms with van der Waals surface area (Å²) in [4.78, 5) is 4.13. The minimum absolute atomic E-state index is 0.196. The highest BCUT2D eigenvalue weighted by Crippen LogP contribution is 2.24. The first-order valence-corrected chi connectivity index (χ1v) is 5.20. The van der Waals surface area contributed by atoms with E-state index in [1.807, 2.05) is 6.07 Å². The van der Waals surface area contributed by atoms with E-state index in [1.54, 1.807) is 24.3 Å². The van der Waals surface area contributed by atoms with Crippen LogP contribution in [0.5, 0.6) is 0 Å². The van der Waals surface area contributed by atoms with Gasteiger partial charge in [-0.3, -0.25) is 4.99 Å². The highest BCUT2D eigenvalue weighted by molar-refractivity contribution is 6.09. The van der Waals surface area contributed by atoms with E-state index in [0.29, 0.717) is 17.8 Å². The number of benzene rings is 1. The molecule has 0 spiro atoms. The van der Waals surface area contributed by atoms with Crippen LogP contribution < -0.4 is 5.32 Å². The molecule has 0 amide bonds.